The third-order valence-electron chi connectivity index (χ3n) is 5.97. The van der Waals surface area contributed by atoms with Gasteiger partial charge in [0, 0.05) is 19.7 Å². The van der Waals surface area contributed by atoms with Gasteiger partial charge in [-0.15, -0.1) is 4.33 Å². The molecule has 0 radical (unpaired) electrons. The van der Waals surface area contributed by atoms with E-state index in [2.05, 4.69) is 14.3 Å². The number of hydrogen-bond acceptors (Lipinski definition) is 6. The molecule has 1 spiro atoms. The first-order valence-corrected chi connectivity index (χ1v) is 10.9. The van der Waals surface area contributed by atoms with E-state index in [9.17, 15) is 0 Å². The highest BCUT2D eigenvalue weighted by molar-refractivity contribution is 7.95. The van der Waals surface area contributed by atoms with Crippen molar-refractivity contribution in [1.29, 1.82) is 0 Å². The predicted molar refractivity (Wildman–Crippen MR) is 101 cm³/mol. The van der Waals surface area contributed by atoms with E-state index in [1.54, 1.807) is 0 Å². The van der Waals surface area contributed by atoms with E-state index < -0.39 is 0 Å². The zero-order valence-electron chi connectivity index (χ0n) is 15.6. The normalized spacial score (nSPS) is 23.0. The van der Waals surface area contributed by atoms with Crippen molar-refractivity contribution in [2.24, 2.45) is 0 Å². The quantitative estimate of drug-likeness (QED) is 0.159. The fourth-order valence-electron chi connectivity index (χ4n) is 4.13. The third kappa shape index (κ3) is 7.33. The Bertz CT molecular complexity index is 341. The van der Waals surface area contributed by atoms with Gasteiger partial charge in [0.25, 0.3) is 0 Å². The molecule has 0 aromatic rings. The summed E-state index contributed by atoms with van der Waals surface area (Å²) >= 11 is 1.27. The Balaban J connectivity index is 1.43. The van der Waals surface area contributed by atoms with Crippen molar-refractivity contribution in [3.8, 4) is 0 Å². The van der Waals surface area contributed by atoms with E-state index >= 15 is 0 Å². The van der Waals surface area contributed by atoms with Gasteiger partial charge in [0.2, 0.25) is 0 Å². The molecule has 2 fully saturated rings. The Hall–Kier alpha value is 0.110. The molecule has 0 saturated carbocycles. The van der Waals surface area contributed by atoms with Gasteiger partial charge in [-0.2, -0.15) is 0 Å². The maximum atomic E-state index is 8.74. The molecule has 2 N–H and O–H groups in total. The second kappa shape index (κ2) is 12.5. The van der Waals surface area contributed by atoms with E-state index in [0.29, 0.717) is 12.0 Å². The van der Waals surface area contributed by atoms with Crippen LogP contribution in [0.15, 0.2) is 0 Å². The first-order chi connectivity index (χ1) is 12.3. The fourth-order valence-corrected chi connectivity index (χ4v) is 4.95. The number of hydrogen-bond donors (Lipinski definition) is 2. The molecule has 0 aliphatic carbocycles. The van der Waals surface area contributed by atoms with Gasteiger partial charge >= 0.3 is 0 Å². The van der Waals surface area contributed by atoms with Crippen LogP contribution in [0.25, 0.3) is 0 Å². The first-order valence-electron chi connectivity index (χ1n) is 10.1. The van der Waals surface area contributed by atoms with E-state index in [1.807, 2.05) is 0 Å². The monoisotopic (exact) mass is 377 g/mol. The lowest BCUT2D eigenvalue weighted by molar-refractivity contribution is -0.977. The number of unbranched alkanes of at least 4 members (excludes halogenated alkanes) is 8. The van der Waals surface area contributed by atoms with Crippen molar-refractivity contribution in [2.75, 3.05) is 45.9 Å². The molecular formula is C18H37N2O4S+. The van der Waals surface area contributed by atoms with Crippen LogP contribution < -0.4 is 0 Å². The summed E-state index contributed by atoms with van der Waals surface area (Å²) in [7, 11) is 0. The van der Waals surface area contributed by atoms with Crippen LogP contribution >= 0.6 is 12.0 Å². The molecule has 148 valence electrons. The summed E-state index contributed by atoms with van der Waals surface area (Å²) < 4.78 is 5.79. The molecule has 2 aliphatic heterocycles. The molecule has 0 aromatic heterocycles. The Labute approximate surface area is 157 Å². The smallest absolute Gasteiger partial charge is 0.170 e. The zero-order valence-corrected chi connectivity index (χ0v) is 16.4. The lowest BCUT2D eigenvalue weighted by Crippen LogP contribution is -2.70. The molecule has 2 aliphatic rings. The second-order valence-electron chi connectivity index (χ2n) is 7.62. The van der Waals surface area contributed by atoms with Crippen molar-refractivity contribution in [2.45, 2.75) is 69.6 Å². The van der Waals surface area contributed by atoms with E-state index in [1.165, 1.54) is 103 Å². The molecular weight excluding hydrogens is 340 g/mol. The van der Waals surface area contributed by atoms with E-state index in [4.69, 9.17) is 10.4 Å². The highest BCUT2D eigenvalue weighted by Crippen LogP contribution is 2.38. The van der Waals surface area contributed by atoms with E-state index in [-0.39, 0.29) is 0 Å². The van der Waals surface area contributed by atoms with Crippen LogP contribution in [0.5, 0.6) is 0 Å². The number of nitrogens with zero attached hydrogens (tertiary/aromatic N) is 2. The summed E-state index contributed by atoms with van der Waals surface area (Å²) in [6.07, 6.45) is 12.7. The average molecular weight is 378 g/mol. The molecule has 25 heavy (non-hydrogen) atoms. The number of rotatable bonds is 14. The Kier molecular flexibility index (Phi) is 10.7. The Morgan fingerprint density at radius 2 is 1.48 bits per heavy atom. The fraction of sp³-hybridized carbons (Fsp3) is 1.00. The molecule has 1 unspecified atom stereocenters. The minimum absolute atomic E-state index is 0.348. The molecule has 2 heterocycles. The molecule has 0 amide bonds. The summed E-state index contributed by atoms with van der Waals surface area (Å²) in [5.74, 6) is 0. The van der Waals surface area contributed by atoms with Crippen LogP contribution in [-0.4, -0.2) is 71.0 Å². The third-order valence-corrected chi connectivity index (χ3v) is 7.01. The van der Waals surface area contributed by atoms with Gasteiger partial charge in [0.1, 0.15) is 0 Å². The van der Waals surface area contributed by atoms with Gasteiger partial charge in [-0.3, -0.25) is 4.90 Å². The van der Waals surface area contributed by atoms with Crippen molar-refractivity contribution in [3.63, 3.8) is 0 Å². The number of piperazine rings is 1. The molecule has 2 saturated heterocycles. The van der Waals surface area contributed by atoms with Crippen molar-refractivity contribution in [1.82, 2.24) is 4.90 Å². The minimum atomic E-state index is 0.348. The van der Waals surface area contributed by atoms with Crippen molar-refractivity contribution < 1.29 is 24.2 Å². The van der Waals surface area contributed by atoms with Crippen LogP contribution in [-0.2, 0) is 9.37 Å². The average Bonchev–Trinajstić information content (AvgIpc) is 2.63. The standard InChI is InChI=1S/C18H36N2O4S/c21-17-9-7-5-3-1-2-4-6-8-11-19-12-15-20(16-13-19)14-10-18(20)25-24-23-22/h18,21H,1-17H2/p+1. The Morgan fingerprint density at radius 1 is 0.880 bits per heavy atom. The van der Waals surface area contributed by atoms with Crippen LogP contribution in [0.3, 0.4) is 0 Å². The van der Waals surface area contributed by atoms with Crippen LogP contribution in [0, 0.1) is 0 Å². The summed E-state index contributed by atoms with van der Waals surface area (Å²) in [4.78, 5) is 2.61. The van der Waals surface area contributed by atoms with Crippen LogP contribution in [0.1, 0.15) is 64.2 Å². The van der Waals surface area contributed by atoms with Crippen molar-refractivity contribution >= 4 is 12.0 Å². The van der Waals surface area contributed by atoms with Gasteiger partial charge < -0.3 is 9.59 Å². The first kappa shape index (κ1) is 21.4. The maximum absolute atomic E-state index is 8.74. The van der Waals surface area contributed by atoms with Crippen LogP contribution in [0.4, 0.5) is 0 Å². The van der Waals surface area contributed by atoms with Gasteiger partial charge in [-0.1, -0.05) is 50.0 Å². The van der Waals surface area contributed by atoms with Gasteiger partial charge in [-0.25, -0.2) is 5.26 Å². The van der Waals surface area contributed by atoms with Gasteiger partial charge in [-0.05, 0) is 19.4 Å². The highest BCUT2D eigenvalue weighted by atomic mass is 32.2. The zero-order chi connectivity index (χ0) is 17.8. The molecule has 1 atom stereocenters. The number of aliphatic hydroxyl groups excluding tert-OH is 1. The minimum Gasteiger partial charge on any atom is -0.396 e. The largest absolute Gasteiger partial charge is 0.396 e. The summed E-state index contributed by atoms with van der Waals surface area (Å²) in [5.41, 5.74) is 0. The number of aliphatic hydroxyl groups is 1. The van der Waals surface area contributed by atoms with Crippen molar-refractivity contribution in [3.05, 3.63) is 0 Å². The maximum Gasteiger partial charge on any atom is 0.170 e. The van der Waals surface area contributed by atoms with Gasteiger partial charge in [0.05, 0.1) is 38.1 Å². The topological polar surface area (TPSA) is 62.2 Å². The SMILES string of the molecule is OCCCCCCCCCCCN1CC[N+]2(CCC2SOOO)CC1. The molecule has 2 rings (SSSR count). The number of quaternary nitrogens is 1. The molecule has 7 heteroatoms. The van der Waals surface area contributed by atoms with E-state index in [0.717, 1.165) is 17.3 Å². The summed E-state index contributed by atoms with van der Waals surface area (Å²) in [5, 5.41) is 21.2. The lowest BCUT2D eigenvalue weighted by Gasteiger charge is -2.54. The predicted octanol–water partition coefficient (Wildman–Crippen LogP) is 3.42. The van der Waals surface area contributed by atoms with Crippen LogP contribution in [0.2, 0.25) is 0 Å². The molecule has 6 nitrogen and oxygen atoms in total. The molecule has 0 aromatic carbocycles. The summed E-state index contributed by atoms with van der Waals surface area (Å²) in [6.45, 7) is 7.58. The summed E-state index contributed by atoms with van der Waals surface area (Å²) in [6, 6.07) is 0. The Morgan fingerprint density at radius 3 is 2.00 bits per heavy atom. The molecule has 0 bridgehead atoms. The highest BCUT2D eigenvalue weighted by Gasteiger charge is 2.49. The lowest BCUT2D eigenvalue weighted by atomic mass is 10.1. The van der Waals surface area contributed by atoms with Gasteiger partial charge in [0.15, 0.2) is 5.37 Å². The second-order valence-corrected chi connectivity index (χ2v) is 8.49.